The molecule has 9 nitrogen and oxygen atoms in total. The minimum absolute atomic E-state index is 0.0376. The van der Waals surface area contributed by atoms with Gasteiger partial charge in [-0.3, -0.25) is 9.59 Å². The third-order valence-electron chi connectivity index (χ3n) is 7.55. The number of fused-ring (bicyclic) bond motifs is 1. The van der Waals surface area contributed by atoms with Crippen LogP contribution in [0.5, 0.6) is 5.75 Å². The lowest BCUT2D eigenvalue weighted by molar-refractivity contribution is -0.137. The monoisotopic (exact) mass is 577 g/mol. The number of aliphatic hydroxyl groups excluding tert-OH is 1. The van der Waals surface area contributed by atoms with Gasteiger partial charge >= 0.3 is 6.18 Å². The first kappa shape index (κ1) is 28.8. The number of hydrogen-bond donors (Lipinski definition) is 4. The second-order valence-electron chi connectivity index (χ2n) is 10.8. The molecule has 0 spiro atoms. The molecule has 4 N–H and O–H groups in total. The second kappa shape index (κ2) is 11.3. The molecule has 0 unspecified atom stereocenters. The number of halogens is 4. The number of rotatable bonds is 8. The molecule has 1 aromatic carbocycles. The molecule has 2 heterocycles. The lowest BCUT2D eigenvalue weighted by atomic mass is 9.89. The van der Waals surface area contributed by atoms with E-state index in [1.807, 2.05) is 0 Å². The highest BCUT2D eigenvalue weighted by atomic mass is 19.4. The van der Waals surface area contributed by atoms with E-state index in [-0.39, 0.29) is 46.4 Å². The van der Waals surface area contributed by atoms with Crippen LogP contribution in [0.1, 0.15) is 60.6 Å². The number of aromatic amines is 1. The maximum atomic E-state index is 14.8. The molecule has 3 aromatic rings. The molecule has 41 heavy (non-hydrogen) atoms. The zero-order chi connectivity index (χ0) is 29.5. The van der Waals surface area contributed by atoms with E-state index in [1.165, 1.54) is 19.3 Å². The van der Waals surface area contributed by atoms with Gasteiger partial charge in [-0.2, -0.15) is 13.2 Å². The first-order valence-corrected chi connectivity index (χ1v) is 13.5. The van der Waals surface area contributed by atoms with E-state index in [4.69, 9.17) is 4.74 Å². The van der Waals surface area contributed by atoms with E-state index in [0.717, 1.165) is 25.0 Å². The maximum Gasteiger partial charge on any atom is 0.416 e. The highest BCUT2D eigenvalue weighted by Crippen LogP contribution is 2.40. The summed E-state index contributed by atoms with van der Waals surface area (Å²) in [4.78, 5) is 36.7. The zero-order valence-corrected chi connectivity index (χ0v) is 22.5. The summed E-state index contributed by atoms with van der Waals surface area (Å²) in [6.07, 6.45) is -3.46. The molecule has 0 radical (unpaired) electrons. The summed E-state index contributed by atoms with van der Waals surface area (Å²) in [7, 11) is 0. The summed E-state index contributed by atoms with van der Waals surface area (Å²) in [6, 6.07) is 1.94. The van der Waals surface area contributed by atoms with Gasteiger partial charge in [-0.1, -0.05) is 0 Å². The molecular formula is C28H31F4N5O4. The van der Waals surface area contributed by atoms with Gasteiger partial charge < -0.3 is 25.5 Å². The van der Waals surface area contributed by atoms with Gasteiger partial charge in [-0.15, -0.1) is 0 Å². The minimum Gasteiger partial charge on any atom is -0.493 e. The number of amides is 2. The van der Waals surface area contributed by atoms with E-state index in [2.05, 4.69) is 25.6 Å². The molecule has 5 rings (SSSR count). The van der Waals surface area contributed by atoms with Crippen LogP contribution >= 0.6 is 0 Å². The van der Waals surface area contributed by atoms with Crippen LogP contribution in [0.4, 0.5) is 17.6 Å². The van der Waals surface area contributed by atoms with E-state index in [0.29, 0.717) is 24.6 Å². The van der Waals surface area contributed by atoms with Crippen molar-refractivity contribution in [3.63, 3.8) is 0 Å². The quantitative estimate of drug-likeness (QED) is 0.297. The number of aliphatic hydroxyl groups is 1. The zero-order valence-electron chi connectivity index (χ0n) is 22.5. The van der Waals surface area contributed by atoms with Gasteiger partial charge in [0, 0.05) is 23.7 Å². The molecule has 2 amide bonds. The molecule has 13 heteroatoms. The van der Waals surface area contributed by atoms with Crippen LogP contribution in [-0.2, 0) is 11.0 Å². The molecule has 2 saturated carbocycles. The lowest BCUT2D eigenvalue weighted by Crippen LogP contribution is -2.51. The predicted molar refractivity (Wildman–Crippen MR) is 141 cm³/mol. The van der Waals surface area contributed by atoms with Gasteiger partial charge in [-0.05, 0) is 63.6 Å². The van der Waals surface area contributed by atoms with Crippen molar-refractivity contribution in [3.05, 3.63) is 41.3 Å². The number of alkyl halides is 4. The molecule has 2 aromatic heterocycles. The number of hydrogen-bond acceptors (Lipinski definition) is 6. The lowest BCUT2D eigenvalue weighted by Gasteiger charge is -2.32. The first-order valence-electron chi connectivity index (χ1n) is 13.5. The number of nitrogens with one attached hydrogen (secondary N) is 3. The van der Waals surface area contributed by atoms with Crippen molar-refractivity contribution in [1.29, 1.82) is 0 Å². The first-order chi connectivity index (χ1) is 19.4. The summed E-state index contributed by atoms with van der Waals surface area (Å²) in [5, 5.41) is 14.7. The van der Waals surface area contributed by atoms with E-state index >= 15 is 0 Å². The van der Waals surface area contributed by atoms with Crippen LogP contribution in [-0.4, -0.2) is 62.8 Å². The SMILES string of the molecule is Cc1[nH]c2c(-c3cc(C(F)(F)F)ccc3OCC3CC3)ncnc2c1C(=O)N[C@H]1CC[C@@H](NC(=O)[C@H](C)O)[C@H](F)C1. The average molecular weight is 578 g/mol. The predicted octanol–water partition coefficient (Wildman–Crippen LogP) is 4.23. The highest BCUT2D eigenvalue weighted by Gasteiger charge is 2.35. The molecule has 220 valence electrons. The van der Waals surface area contributed by atoms with Crippen molar-refractivity contribution < 1.29 is 37.0 Å². The third kappa shape index (κ3) is 6.29. The van der Waals surface area contributed by atoms with E-state index in [1.54, 1.807) is 6.92 Å². The van der Waals surface area contributed by atoms with Crippen molar-refractivity contribution in [2.24, 2.45) is 5.92 Å². The standard InChI is InChI=1S/C28H31F4N5O4/c1-13-22(27(40)36-17-6-7-20(19(29)10-17)37-26(39)14(2)38)24-25(35-13)23(33-12-34-24)18-9-16(28(30,31)32)5-8-21(18)41-11-15-3-4-15/h5,8-9,12,14-15,17,19-20,35,38H,3-4,6-7,10-11H2,1-2H3,(H,36,40)(H,37,39)/t14-,17-,19+,20+/m0/s1. The van der Waals surface area contributed by atoms with Gasteiger partial charge in [0.05, 0.1) is 29.3 Å². The number of ether oxygens (including phenoxy) is 1. The minimum atomic E-state index is -4.58. The summed E-state index contributed by atoms with van der Waals surface area (Å²) >= 11 is 0. The van der Waals surface area contributed by atoms with Gasteiger partial charge in [0.2, 0.25) is 5.91 Å². The van der Waals surface area contributed by atoms with Crippen LogP contribution in [0.25, 0.3) is 22.3 Å². The molecule has 2 aliphatic rings. The summed E-state index contributed by atoms with van der Waals surface area (Å²) in [5.74, 6) is -0.563. The Bertz CT molecular complexity index is 1450. The highest BCUT2D eigenvalue weighted by molar-refractivity contribution is 6.09. The summed E-state index contributed by atoms with van der Waals surface area (Å²) in [5.41, 5.74) is 0.507. The summed E-state index contributed by atoms with van der Waals surface area (Å²) < 4.78 is 61.5. The maximum absolute atomic E-state index is 14.8. The fourth-order valence-corrected chi connectivity index (χ4v) is 5.08. The number of H-pyrrole nitrogens is 1. The van der Waals surface area contributed by atoms with Crippen LogP contribution in [0.15, 0.2) is 24.5 Å². The van der Waals surface area contributed by atoms with E-state index < -0.39 is 47.9 Å². The van der Waals surface area contributed by atoms with Gasteiger partial charge in [-0.25, -0.2) is 14.4 Å². The van der Waals surface area contributed by atoms with Crippen LogP contribution < -0.4 is 15.4 Å². The summed E-state index contributed by atoms with van der Waals surface area (Å²) in [6.45, 7) is 3.31. The van der Waals surface area contributed by atoms with Crippen molar-refractivity contribution in [2.45, 2.75) is 76.5 Å². The molecule has 2 fully saturated rings. The van der Waals surface area contributed by atoms with Gasteiger partial charge in [0.1, 0.15) is 35.6 Å². The fraction of sp³-hybridized carbons (Fsp3) is 0.500. The Morgan fingerprint density at radius 3 is 2.59 bits per heavy atom. The Morgan fingerprint density at radius 2 is 1.93 bits per heavy atom. The Kier molecular flexibility index (Phi) is 7.91. The second-order valence-corrected chi connectivity index (χ2v) is 10.8. The van der Waals surface area contributed by atoms with Crippen molar-refractivity contribution in [3.8, 4) is 17.0 Å². The van der Waals surface area contributed by atoms with Crippen LogP contribution in [0.3, 0.4) is 0 Å². The fourth-order valence-electron chi connectivity index (χ4n) is 5.08. The van der Waals surface area contributed by atoms with E-state index in [9.17, 15) is 32.3 Å². The van der Waals surface area contributed by atoms with Gasteiger partial charge in [0.15, 0.2) is 0 Å². The van der Waals surface area contributed by atoms with Crippen LogP contribution in [0.2, 0.25) is 0 Å². The number of carbonyl (C=O) groups is 2. The number of aromatic nitrogens is 3. The van der Waals surface area contributed by atoms with Crippen molar-refractivity contribution >= 4 is 22.8 Å². The van der Waals surface area contributed by atoms with Crippen LogP contribution in [0, 0.1) is 12.8 Å². The molecule has 0 saturated heterocycles. The smallest absolute Gasteiger partial charge is 0.416 e. The molecule has 0 aliphatic heterocycles. The number of nitrogens with zero attached hydrogens (tertiary/aromatic N) is 2. The number of aryl methyl sites for hydroxylation is 1. The molecular weight excluding hydrogens is 546 g/mol. The van der Waals surface area contributed by atoms with Crippen molar-refractivity contribution in [1.82, 2.24) is 25.6 Å². The number of carbonyl (C=O) groups excluding carboxylic acids is 2. The topological polar surface area (TPSA) is 129 Å². The Labute approximate surface area is 233 Å². The normalized spacial score (nSPS) is 21.9. The third-order valence-corrected chi connectivity index (χ3v) is 7.55. The van der Waals surface area contributed by atoms with Crippen molar-refractivity contribution in [2.75, 3.05) is 6.61 Å². The Hall–Kier alpha value is -3.74. The molecule has 0 bridgehead atoms. The molecule has 4 atom stereocenters. The average Bonchev–Trinajstić information content (AvgIpc) is 3.67. The Morgan fingerprint density at radius 1 is 1.17 bits per heavy atom. The molecule has 2 aliphatic carbocycles. The largest absolute Gasteiger partial charge is 0.493 e. The Balaban J connectivity index is 1.41. The number of benzene rings is 1. The van der Waals surface area contributed by atoms with Gasteiger partial charge in [0.25, 0.3) is 5.91 Å².